The van der Waals surface area contributed by atoms with Gasteiger partial charge in [0.2, 0.25) is 15.9 Å². The van der Waals surface area contributed by atoms with E-state index < -0.39 is 39.4 Å². The summed E-state index contributed by atoms with van der Waals surface area (Å²) in [6.07, 6.45) is 8.94. The van der Waals surface area contributed by atoms with Crippen LogP contribution in [0.1, 0.15) is 75.8 Å². The molecule has 0 aromatic heterocycles. The van der Waals surface area contributed by atoms with Crippen molar-refractivity contribution in [2.24, 2.45) is 4.99 Å². The predicted octanol–water partition coefficient (Wildman–Crippen LogP) is 5.03. The Bertz CT molecular complexity index is 1410. The second-order valence-electron chi connectivity index (χ2n) is 11.5. The van der Waals surface area contributed by atoms with Crippen LogP contribution in [0, 0.1) is 0 Å². The van der Waals surface area contributed by atoms with Gasteiger partial charge in [0, 0.05) is 37.3 Å². The average Bonchev–Trinajstić information content (AvgIpc) is 3.48. The number of unbranched alkanes of at least 4 members (excludes halogenated alkanes) is 2. The Balaban J connectivity index is 1.29. The van der Waals surface area contributed by atoms with E-state index in [1.54, 1.807) is 30.3 Å². The van der Waals surface area contributed by atoms with Crippen molar-refractivity contribution < 1.29 is 27.9 Å². The van der Waals surface area contributed by atoms with Gasteiger partial charge >= 0.3 is 5.97 Å². The second kappa shape index (κ2) is 16.3. The molecule has 1 fully saturated rings. The van der Waals surface area contributed by atoms with Crippen LogP contribution in [-0.4, -0.2) is 71.0 Å². The fraction of sp³-hybridized carbons (Fsp3) is 0.515. The van der Waals surface area contributed by atoms with Crippen molar-refractivity contribution in [2.45, 2.75) is 99.9 Å². The molecule has 1 saturated heterocycles. The molecule has 0 radical (unpaired) electrons. The lowest BCUT2D eigenvalue weighted by Gasteiger charge is -2.28. The summed E-state index contributed by atoms with van der Waals surface area (Å²) in [5.74, 6) is -1.42. The summed E-state index contributed by atoms with van der Waals surface area (Å²) in [5.41, 5.74) is 2.88. The number of nitrogens with zero attached hydrogens (tertiary/aromatic N) is 2. The zero-order valence-corrected chi connectivity index (χ0v) is 27.0. The first-order valence-corrected chi connectivity index (χ1v) is 18.0. The van der Waals surface area contributed by atoms with Crippen LogP contribution in [0.25, 0.3) is 0 Å². The topological polar surface area (TPSA) is 133 Å². The van der Waals surface area contributed by atoms with Crippen molar-refractivity contribution in [1.29, 1.82) is 0 Å². The Labute approximate surface area is 265 Å². The van der Waals surface area contributed by atoms with Crippen molar-refractivity contribution >= 4 is 45.2 Å². The molecule has 2 unspecified atom stereocenters. The number of hydrogen-bond donors (Lipinski definition) is 2. The van der Waals surface area contributed by atoms with E-state index in [4.69, 9.17) is 0 Å². The van der Waals surface area contributed by atoms with Crippen LogP contribution in [0.5, 0.6) is 0 Å². The normalized spacial score (nSPS) is 19.7. The lowest BCUT2D eigenvalue weighted by molar-refractivity contribution is -0.142. The number of rotatable bonds is 16. The molecule has 11 heteroatoms. The van der Waals surface area contributed by atoms with E-state index in [2.05, 4.69) is 10.3 Å². The fourth-order valence-corrected chi connectivity index (χ4v) is 9.25. The molecule has 2 aliphatic rings. The Morgan fingerprint density at radius 1 is 1.02 bits per heavy atom. The van der Waals surface area contributed by atoms with Crippen LogP contribution in [0.2, 0.25) is 0 Å². The van der Waals surface area contributed by atoms with Gasteiger partial charge in [-0.1, -0.05) is 55.8 Å². The van der Waals surface area contributed by atoms with Gasteiger partial charge < -0.3 is 10.4 Å². The molecule has 44 heavy (non-hydrogen) atoms. The molecule has 238 valence electrons. The minimum Gasteiger partial charge on any atom is -0.480 e. The molecule has 2 aliphatic heterocycles. The number of hydrogen-bond acceptors (Lipinski definition) is 7. The number of carbonyl (C=O) groups is 3. The zero-order valence-electron chi connectivity index (χ0n) is 25.3. The minimum absolute atomic E-state index is 0.0308. The molecule has 2 aromatic carbocycles. The SMILES string of the molecule is CCC1SC[C@@H](C(=O)NC(Cc2ccc(CC(=O)CCCCCC3=NCCCC3)cc2)C(=O)O)N1S(=O)(=O)c1ccccc1. The molecular weight excluding hydrogens is 599 g/mol. The quantitative estimate of drug-likeness (QED) is 0.246. The molecule has 1 amide bonds. The van der Waals surface area contributed by atoms with Crippen molar-refractivity contribution in [2.75, 3.05) is 12.3 Å². The van der Waals surface area contributed by atoms with E-state index >= 15 is 0 Å². The maximum atomic E-state index is 13.5. The largest absolute Gasteiger partial charge is 0.480 e. The van der Waals surface area contributed by atoms with Gasteiger partial charge in [-0.3, -0.25) is 14.6 Å². The van der Waals surface area contributed by atoms with E-state index in [-0.39, 0.29) is 22.9 Å². The first-order chi connectivity index (χ1) is 21.2. The second-order valence-corrected chi connectivity index (χ2v) is 14.5. The summed E-state index contributed by atoms with van der Waals surface area (Å²) in [6.45, 7) is 2.81. The predicted molar refractivity (Wildman–Crippen MR) is 173 cm³/mol. The summed E-state index contributed by atoms with van der Waals surface area (Å²) in [5, 5.41) is 12.1. The monoisotopic (exact) mass is 641 g/mol. The van der Waals surface area contributed by atoms with Gasteiger partial charge in [0.25, 0.3) is 0 Å². The number of amides is 1. The minimum atomic E-state index is -3.97. The Hall–Kier alpha value is -3.02. The van der Waals surface area contributed by atoms with E-state index in [1.165, 1.54) is 46.8 Å². The first kappa shape index (κ1) is 33.9. The van der Waals surface area contributed by atoms with Crippen molar-refractivity contribution in [1.82, 2.24) is 9.62 Å². The van der Waals surface area contributed by atoms with Gasteiger partial charge in [-0.2, -0.15) is 4.31 Å². The Morgan fingerprint density at radius 3 is 2.41 bits per heavy atom. The van der Waals surface area contributed by atoms with Crippen molar-refractivity contribution in [3.8, 4) is 0 Å². The average molecular weight is 642 g/mol. The van der Waals surface area contributed by atoms with Gasteiger partial charge in [-0.05, 0) is 68.2 Å². The first-order valence-electron chi connectivity index (χ1n) is 15.5. The number of carboxylic acid groups (broad SMARTS) is 1. The number of sulfonamides is 1. The summed E-state index contributed by atoms with van der Waals surface area (Å²) in [6, 6.07) is 12.9. The van der Waals surface area contributed by atoms with Gasteiger partial charge in [-0.15, -0.1) is 11.8 Å². The number of carbonyl (C=O) groups excluding carboxylic acids is 2. The molecule has 0 spiro atoms. The van der Waals surface area contributed by atoms with Crippen LogP contribution in [0.4, 0.5) is 0 Å². The van der Waals surface area contributed by atoms with Gasteiger partial charge in [0.1, 0.15) is 17.9 Å². The molecule has 0 bridgehead atoms. The Morgan fingerprint density at radius 2 is 1.75 bits per heavy atom. The standard InChI is InChI=1S/C33H43N3O6S2/c1-2-31-36(44(41,42)28-14-7-4-8-15-28)30(23-43-31)32(38)35-29(33(39)40)22-25-18-16-24(17-19-25)21-27(37)13-6-3-5-11-26-12-9-10-20-34-26/h4,7-8,14-19,29-31H,2-3,5-6,9-13,20-23H2,1H3,(H,35,38)(H,39,40)/t29?,30-,31?/m0/s1. The zero-order chi connectivity index (χ0) is 31.5. The van der Waals surface area contributed by atoms with Crippen LogP contribution in [0.15, 0.2) is 64.5 Å². The third kappa shape index (κ3) is 9.25. The molecule has 2 N–H and O–H groups in total. The number of carboxylic acids is 1. The lowest BCUT2D eigenvalue weighted by Crippen LogP contribution is -2.53. The number of benzene rings is 2. The molecule has 2 aromatic rings. The maximum Gasteiger partial charge on any atom is 0.326 e. The summed E-state index contributed by atoms with van der Waals surface area (Å²) < 4.78 is 28.2. The molecule has 0 aliphatic carbocycles. The third-order valence-corrected chi connectivity index (χ3v) is 11.6. The van der Waals surface area contributed by atoms with Crippen molar-refractivity contribution in [3.05, 3.63) is 65.7 Å². The van der Waals surface area contributed by atoms with Crippen LogP contribution in [-0.2, 0) is 37.2 Å². The van der Waals surface area contributed by atoms with Gasteiger partial charge in [-0.25, -0.2) is 13.2 Å². The highest BCUT2D eigenvalue weighted by molar-refractivity contribution is 8.01. The Kier molecular flexibility index (Phi) is 12.6. The highest BCUT2D eigenvalue weighted by Crippen LogP contribution is 2.36. The smallest absolute Gasteiger partial charge is 0.326 e. The van der Waals surface area contributed by atoms with Crippen LogP contribution >= 0.6 is 11.8 Å². The summed E-state index contributed by atoms with van der Waals surface area (Å²) in [4.78, 5) is 42.7. The van der Waals surface area contributed by atoms with E-state index in [0.717, 1.165) is 44.2 Å². The number of thioether (sulfide) groups is 1. The third-order valence-electron chi connectivity index (χ3n) is 8.12. The highest BCUT2D eigenvalue weighted by Gasteiger charge is 2.46. The van der Waals surface area contributed by atoms with Gasteiger partial charge in [0.05, 0.1) is 10.3 Å². The summed E-state index contributed by atoms with van der Waals surface area (Å²) in [7, 11) is -3.97. The molecule has 9 nitrogen and oxygen atoms in total. The number of aliphatic carboxylic acids is 1. The highest BCUT2D eigenvalue weighted by atomic mass is 32.2. The van der Waals surface area contributed by atoms with Gasteiger partial charge in [0.15, 0.2) is 0 Å². The van der Waals surface area contributed by atoms with Crippen LogP contribution < -0.4 is 5.32 Å². The fourth-order valence-electron chi connectivity index (χ4n) is 5.68. The molecule has 3 atom stereocenters. The molecule has 4 rings (SSSR count). The maximum absolute atomic E-state index is 13.5. The molecule has 0 saturated carbocycles. The van der Waals surface area contributed by atoms with E-state index in [1.807, 2.05) is 19.1 Å². The van der Waals surface area contributed by atoms with Crippen molar-refractivity contribution in [3.63, 3.8) is 0 Å². The number of Topliss-reactive ketones (excluding diaryl/α,β-unsaturated/α-hetero) is 1. The van der Waals surface area contributed by atoms with Crippen LogP contribution in [0.3, 0.4) is 0 Å². The van der Waals surface area contributed by atoms with E-state index in [0.29, 0.717) is 24.8 Å². The number of nitrogens with one attached hydrogen (secondary N) is 1. The van der Waals surface area contributed by atoms with E-state index in [9.17, 15) is 27.9 Å². The molecular formula is C33H43N3O6S2. The summed E-state index contributed by atoms with van der Waals surface area (Å²) >= 11 is 1.37. The molecule has 2 heterocycles. The number of ketones is 1. The lowest BCUT2D eigenvalue weighted by atomic mass is 9.99. The number of aliphatic imine (C=N–C) groups is 1.